The summed E-state index contributed by atoms with van der Waals surface area (Å²) in [5, 5.41) is -0.339. The first-order valence-electron chi connectivity index (χ1n) is 9.76. The van der Waals surface area contributed by atoms with Crippen LogP contribution >= 0.6 is 11.6 Å². The quantitative estimate of drug-likeness (QED) is 0.468. The van der Waals surface area contributed by atoms with Gasteiger partial charge in [0, 0.05) is 24.9 Å². The van der Waals surface area contributed by atoms with E-state index in [1.807, 2.05) is 19.9 Å². The Morgan fingerprint density at radius 1 is 1.00 bits per heavy atom. The highest BCUT2D eigenvalue weighted by Crippen LogP contribution is 2.30. The Morgan fingerprint density at radius 2 is 1.69 bits per heavy atom. The summed E-state index contributed by atoms with van der Waals surface area (Å²) in [4.78, 5) is 3.58. The zero-order chi connectivity index (χ0) is 23.5. The van der Waals surface area contributed by atoms with Gasteiger partial charge in [0.15, 0.2) is 0 Å². The summed E-state index contributed by atoms with van der Waals surface area (Å²) in [6.07, 6.45) is 2.00. The second kappa shape index (κ2) is 9.66. The molecule has 10 heteroatoms. The third-order valence-electron chi connectivity index (χ3n) is 4.81. The summed E-state index contributed by atoms with van der Waals surface area (Å²) in [6.45, 7) is 3.73. The fourth-order valence-electron chi connectivity index (χ4n) is 3.11. The highest BCUT2D eigenvalue weighted by Gasteiger charge is 2.25. The monoisotopic (exact) mass is 496 g/mol. The topological polar surface area (TPSA) is 93.2 Å². The van der Waals surface area contributed by atoms with Crippen molar-refractivity contribution < 1.29 is 21.2 Å². The number of hydrogen-bond donors (Lipinski definition) is 1. The Labute approximate surface area is 192 Å². The van der Waals surface area contributed by atoms with Gasteiger partial charge < -0.3 is 0 Å². The van der Waals surface area contributed by atoms with Gasteiger partial charge in [-0.1, -0.05) is 37.6 Å². The molecular weight excluding hydrogens is 475 g/mol. The molecule has 0 aliphatic rings. The van der Waals surface area contributed by atoms with Crippen LogP contribution in [0.1, 0.15) is 31.0 Å². The van der Waals surface area contributed by atoms with Gasteiger partial charge in [0.05, 0.1) is 19.7 Å². The SMILES string of the molecule is CC(C)c1ccc(S(=O)(=O)c2ccc(F)c(Cl)c2)cc1S(=O)(=O)NCCc1ccccn1. The molecule has 0 radical (unpaired) electrons. The summed E-state index contributed by atoms with van der Waals surface area (Å²) in [7, 11) is -8.13. The van der Waals surface area contributed by atoms with Crippen molar-refractivity contribution in [2.24, 2.45) is 0 Å². The highest BCUT2D eigenvalue weighted by atomic mass is 35.5. The molecule has 170 valence electrons. The van der Waals surface area contributed by atoms with Crippen molar-refractivity contribution in [1.82, 2.24) is 9.71 Å². The molecule has 0 aliphatic heterocycles. The lowest BCUT2D eigenvalue weighted by Gasteiger charge is -2.16. The van der Waals surface area contributed by atoms with Crippen LogP contribution < -0.4 is 4.72 Å². The maximum absolute atomic E-state index is 13.5. The van der Waals surface area contributed by atoms with Gasteiger partial charge in [0.25, 0.3) is 0 Å². The number of halogens is 2. The Bertz CT molecular complexity index is 1330. The lowest BCUT2D eigenvalue weighted by Crippen LogP contribution is -2.27. The predicted molar refractivity (Wildman–Crippen MR) is 121 cm³/mol. The van der Waals surface area contributed by atoms with Crippen molar-refractivity contribution in [1.29, 1.82) is 0 Å². The second-order valence-electron chi connectivity index (χ2n) is 7.40. The first kappa shape index (κ1) is 24.3. The first-order valence-corrected chi connectivity index (χ1v) is 13.1. The summed E-state index contributed by atoms with van der Waals surface area (Å²) < 4.78 is 68.2. The number of sulfonamides is 1. The van der Waals surface area contributed by atoms with Crippen molar-refractivity contribution in [3.63, 3.8) is 0 Å². The molecule has 3 aromatic rings. The van der Waals surface area contributed by atoms with Crippen molar-refractivity contribution >= 4 is 31.5 Å². The summed E-state index contributed by atoms with van der Waals surface area (Å²) in [5.41, 5.74) is 1.20. The lowest BCUT2D eigenvalue weighted by atomic mass is 10.0. The number of pyridine rings is 1. The predicted octanol–water partition coefficient (Wildman–Crippen LogP) is 4.35. The first-order chi connectivity index (χ1) is 15.0. The molecule has 0 fully saturated rings. The number of benzene rings is 2. The van der Waals surface area contributed by atoms with Crippen LogP contribution in [0, 0.1) is 5.82 Å². The van der Waals surface area contributed by atoms with Crippen LogP contribution in [0.4, 0.5) is 4.39 Å². The van der Waals surface area contributed by atoms with E-state index in [9.17, 15) is 21.2 Å². The zero-order valence-electron chi connectivity index (χ0n) is 17.4. The fourth-order valence-corrected chi connectivity index (χ4v) is 6.16. The van der Waals surface area contributed by atoms with Gasteiger partial charge in [-0.2, -0.15) is 0 Å². The largest absolute Gasteiger partial charge is 0.261 e. The van der Waals surface area contributed by atoms with Crippen LogP contribution in [0.25, 0.3) is 0 Å². The van der Waals surface area contributed by atoms with Crippen LogP contribution in [0.3, 0.4) is 0 Å². The average molecular weight is 497 g/mol. The normalized spacial score (nSPS) is 12.3. The number of sulfone groups is 1. The molecule has 0 atom stereocenters. The van der Waals surface area contributed by atoms with Gasteiger partial charge in [-0.05, 0) is 53.9 Å². The van der Waals surface area contributed by atoms with Crippen LogP contribution in [0.2, 0.25) is 5.02 Å². The minimum atomic E-state index is -4.12. The Balaban J connectivity index is 1.97. The minimum absolute atomic E-state index is 0.0986. The molecule has 1 aromatic heterocycles. The van der Waals surface area contributed by atoms with Gasteiger partial charge in [0.2, 0.25) is 19.9 Å². The number of nitrogens with zero attached hydrogens (tertiary/aromatic N) is 1. The van der Waals surface area contributed by atoms with E-state index in [2.05, 4.69) is 9.71 Å². The molecule has 1 N–H and O–H groups in total. The van der Waals surface area contributed by atoms with E-state index >= 15 is 0 Å². The van der Waals surface area contributed by atoms with E-state index in [0.717, 1.165) is 30.0 Å². The van der Waals surface area contributed by atoms with E-state index in [1.165, 1.54) is 12.1 Å². The van der Waals surface area contributed by atoms with Gasteiger partial charge in [-0.15, -0.1) is 0 Å². The third kappa shape index (κ3) is 5.35. The van der Waals surface area contributed by atoms with Gasteiger partial charge in [-0.3, -0.25) is 4.98 Å². The lowest BCUT2D eigenvalue weighted by molar-refractivity contribution is 0.578. The second-order valence-corrected chi connectivity index (χ2v) is 11.5. The minimum Gasteiger partial charge on any atom is -0.261 e. The van der Waals surface area contributed by atoms with Gasteiger partial charge in [-0.25, -0.2) is 25.9 Å². The molecule has 0 bridgehead atoms. The molecule has 0 saturated carbocycles. The van der Waals surface area contributed by atoms with Crippen LogP contribution in [0.5, 0.6) is 0 Å². The molecule has 1 heterocycles. The Kier molecular flexibility index (Phi) is 7.34. The van der Waals surface area contributed by atoms with Crippen molar-refractivity contribution in [3.05, 3.63) is 82.9 Å². The molecule has 0 amide bonds. The third-order valence-corrected chi connectivity index (χ3v) is 8.36. The molecular formula is C22H22ClFN2O4S2. The number of aromatic nitrogens is 1. The highest BCUT2D eigenvalue weighted by molar-refractivity contribution is 7.91. The van der Waals surface area contributed by atoms with E-state index in [-0.39, 0.29) is 32.2 Å². The summed E-state index contributed by atoms with van der Waals surface area (Å²) in [6, 6.07) is 12.4. The summed E-state index contributed by atoms with van der Waals surface area (Å²) in [5.74, 6) is -0.921. The standard InChI is InChI=1S/C22H22ClFN2O4S2/c1-15(2)19-8-6-18(31(27,28)17-7-9-21(24)20(23)13-17)14-22(19)32(29,30)26-12-10-16-5-3-4-11-25-16/h3-9,11,13-15,26H,10,12H2,1-2H3. The van der Waals surface area contributed by atoms with Crippen molar-refractivity contribution in [2.45, 2.75) is 40.9 Å². The van der Waals surface area contributed by atoms with E-state index < -0.39 is 25.7 Å². The van der Waals surface area contributed by atoms with E-state index in [4.69, 9.17) is 11.6 Å². The molecule has 0 saturated heterocycles. The summed E-state index contributed by atoms with van der Waals surface area (Å²) >= 11 is 5.74. The Morgan fingerprint density at radius 3 is 2.31 bits per heavy atom. The molecule has 3 rings (SSSR count). The van der Waals surface area contributed by atoms with E-state index in [1.54, 1.807) is 18.3 Å². The maximum atomic E-state index is 13.5. The molecule has 0 aliphatic carbocycles. The molecule has 0 spiro atoms. The van der Waals surface area contributed by atoms with Crippen molar-refractivity contribution in [3.8, 4) is 0 Å². The van der Waals surface area contributed by atoms with Crippen LogP contribution in [0.15, 0.2) is 75.5 Å². The number of rotatable bonds is 8. The van der Waals surface area contributed by atoms with Gasteiger partial charge in [0.1, 0.15) is 5.82 Å². The van der Waals surface area contributed by atoms with E-state index in [0.29, 0.717) is 12.0 Å². The smallest absolute Gasteiger partial charge is 0.240 e. The zero-order valence-corrected chi connectivity index (χ0v) is 19.8. The molecule has 32 heavy (non-hydrogen) atoms. The fraction of sp³-hybridized carbons (Fsp3) is 0.227. The van der Waals surface area contributed by atoms with Gasteiger partial charge >= 0.3 is 0 Å². The van der Waals surface area contributed by atoms with Crippen LogP contribution in [-0.2, 0) is 26.3 Å². The molecule has 2 aromatic carbocycles. The number of nitrogens with one attached hydrogen (secondary N) is 1. The molecule has 0 unspecified atom stereocenters. The number of hydrogen-bond acceptors (Lipinski definition) is 5. The Hall–Kier alpha value is -2.33. The maximum Gasteiger partial charge on any atom is 0.240 e. The molecule has 6 nitrogen and oxygen atoms in total. The van der Waals surface area contributed by atoms with Crippen LogP contribution in [-0.4, -0.2) is 28.4 Å². The van der Waals surface area contributed by atoms with Crippen molar-refractivity contribution in [2.75, 3.05) is 6.54 Å². The average Bonchev–Trinajstić information content (AvgIpc) is 2.75.